The van der Waals surface area contributed by atoms with Gasteiger partial charge in [0, 0.05) is 30.8 Å². The van der Waals surface area contributed by atoms with Crippen LogP contribution in [-0.4, -0.2) is 96.4 Å². The predicted octanol–water partition coefficient (Wildman–Crippen LogP) is 6.85. The lowest BCUT2D eigenvalue weighted by molar-refractivity contribution is 0.254. The molecule has 4 aliphatic rings. The van der Waals surface area contributed by atoms with Crippen LogP contribution in [0.4, 0.5) is 0 Å². The quantitative estimate of drug-likeness (QED) is 0.168. The van der Waals surface area contributed by atoms with Crippen LogP contribution in [0.3, 0.4) is 0 Å². The van der Waals surface area contributed by atoms with Gasteiger partial charge in [-0.1, -0.05) is 42.5 Å². The summed E-state index contributed by atoms with van der Waals surface area (Å²) in [5.41, 5.74) is 7.11. The number of likely N-dealkylation sites (N-methyl/N-ethyl adjacent to an activating group) is 3. The van der Waals surface area contributed by atoms with E-state index in [-0.39, 0.29) is 0 Å². The zero-order valence-corrected chi connectivity index (χ0v) is 29.1. The van der Waals surface area contributed by atoms with Gasteiger partial charge in [0.25, 0.3) is 0 Å². The molecule has 4 heterocycles. The fourth-order valence-corrected chi connectivity index (χ4v) is 5.60. The maximum Gasteiger partial charge on any atom is 0.169 e. The molecule has 0 N–H and O–H groups in total. The number of hydrogen-bond donors (Lipinski definition) is 0. The van der Waals surface area contributed by atoms with Crippen LogP contribution >= 0.6 is 0 Å². The Balaban J connectivity index is 1.54. The van der Waals surface area contributed by atoms with Crippen molar-refractivity contribution >= 4 is 0 Å². The third-order valence-corrected chi connectivity index (χ3v) is 8.36. The second-order valence-electron chi connectivity index (χ2n) is 13.1. The highest BCUT2D eigenvalue weighted by molar-refractivity contribution is 5.79. The summed E-state index contributed by atoms with van der Waals surface area (Å²) in [7, 11) is 12.4. The first kappa shape index (κ1) is 34.3. The summed E-state index contributed by atoms with van der Waals surface area (Å²) < 4.78 is 25.6. The van der Waals surface area contributed by atoms with Crippen molar-refractivity contribution in [2.75, 3.05) is 81.7 Å². The Bertz CT molecular complexity index is 1580. The second kappa shape index (κ2) is 16.7. The summed E-state index contributed by atoms with van der Waals surface area (Å²) >= 11 is 0. The van der Waals surface area contributed by atoms with Crippen LogP contribution in [0.2, 0.25) is 0 Å². The summed E-state index contributed by atoms with van der Waals surface area (Å²) in [6.45, 7) is 4.31. The van der Waals surface area contributed by atoms with Gasteiger partial charge >= 0.3 is 0 Å². The first-order valence-corrected chi connectivity index (χ1v) is 16.7. The van der Waals surface area contributed by atoms with Crippen molar-refractivity contribution in [2.45, 2.75) is 25.7 Å². The fraction of sp³-hybridized carbons (Fsp3) is 0.400. The molecule has 7 nitrogen and oxygen atoms in total. The van der Waals surface area contributed by atoms with E-state index in [2.05, 4.69) is 116 Å². The van der Waals surface area contributed by atoms with E-state index in [1.807, 2.05) is 20.2 Å². The van der Waals surface area contributed by atoms with Crippen molar-refractivity contribution < 1.29 is 18.9 Å². The molecule has 0 saturated carbocycles. The molecular formula is C40H51N3O4. The lowest BCUT2D eigenvalue weighted by Gasteiger charge is -2.21. The third kappa shape index (κ3) is 9.97. The number of aryl methyl sites for hydroxylation is 4. The van der Waals surface area contributed by atoms with Gasteiger partial charge in [-0.05, 0) is 127 Å². The number of benzene rings is 4. The van der Waals surface area contributed by atoms with Crippen LogP contribution in [0, 0.1) is 0 Å². The molecule has 6 bridgehead atoms. The van der Waals surface area contributed by atoms with E-state index in [1.54, 1.807) is 0 Å². The summed E-state index contributed by atoms with van der Waals surface area (Å²) in [5.74, 6) is 4.10. The molecule has 4 aromatic rings. The standard InChI is InChI=1S/C40H51N3O4/c1-41(2)22-25-44-36-21-16-32-11-10-31-15-20-35(38(28-31)46-27-24-43(5)6)40-33(8-7-9-37(40)45-26-23-42(3)4)17-12-30-13-18-34(19-14-30)47-39(36)29-32/h7-9,13-16,18-21,28-29H,10-12,17,22-27H2,1-6H3. The van der Waals surface area contributed by atoms with E-state index in [9.17, 15) is 0 Å². The van der Waals surface area contributed by atoms with Crippen molar-refractivity contribution in [1.82, 2.24) is 14.7 Å². The molecule has 8 rings (SSSR count). The molecule has 7 heteroatoms. The van der Waals surface area contributed by atoms with Crippen LogP contribution in [-0.2, 0) is 25.7 Å². The molecule has 0 aromatic heterocycles. The number of nitrogens with zero attached hydrogens (tertiary/aromatic N) is 3. The van der Waals surface area contributed by atoms with Gasteiger partial charge in [-0.15, -0.1) is 0 Å². The second-order valence-corrected chi connectivity index (χ2v) is 13.1. The molecule has 0 radical (unpaired) electrons. The smallest absolute Gasteiger partial charge is 0.169 e. The molecule has 0 spiro atoms. The highest BCUT2D eigenvalue weighted by Gasteiger charge is 2.19. The van der Waals surface area contributed by atoms with Gasteiger partial charge in [-0.3, -0.25) is 0 Å². The minimum Gasteiger partial charge on any atom is -0.492 e. The number of ether oxygens (including phenoxy) is 4. The summed E-state index contributed by atoms with van der Waals surface area (Å²) in [6, 6.07) is 27.9. The Kier molecular flexibility index (Phi) is 12.2. The minimum absolute atomic E-state index is 0.592. The highest BCUT2D eigenvalue weighted by Crippen LogP contribution is 2.41. The minimum atomic E-state index is 0.592. The molecular weight excluding hydrogens is 586 g/mol. The third-order valence-electron chi connectivity index (χ3n) is 8.36. The number of rotatable bonds is 12. The number of hydrogen-bond acceptors (Lipinski definition) is 7. The molecule has 4 aromatic carbocycles. The predicted molar refractivity (Wildman–Crippen MR) is 192 cm³/mol. The largest absolute Gasteiger partial charge is 0.492 e. The SMILES string of the molecule is CN(C)CCOc1ccc2cc1Oc1ccc(cc1)CCc1cccc(OCCN(C)C)c1-c1ccc(cc1OCCN(C)C)CC2. The maximum absolute atomic E-state index is 6.56. The summed E-state index contributed by atoms with van der Waals surface area (Å²) in [6.07, 6.45) is 3.48. The van der Waals surface area contributed by atoms with Crippen LogP contribution < -0.4 is 18.9 Å². The monoisotopic (exact) mass is 637 g/mol. The van der Waals surface area contributed by atoms with Crippen LogP contribution in [0.5, 0.6) is 28.7 Å². The van der Waals surface area contributed by atoms with E-state index in [1.165, 1.54) is 22.3 Å². The summed E-state index contributed by atoms with van der Waals surface area (Å²) in [4.78, 5) is 6.41. The van der Waals surface area contributed by atoms with Gasteiger partial charge in [0.15, 0.2) is 11.5 Å². The average molecular weight is 638 g/mol. The first-order valence-electron chi connectivity index (χ1n) is 16.7. The van der Waals surface area contributed by atoms with Gasteiger partial charge in [0.05, 0.1) is 0 Å². The Labute approximate surface area is 281 Å². The lowest BCUT2D eigenvalue weighted by atomic mass is 9.92. The molecule has 250 valence electrons. The average Bonchev–Trinajstić information content (AvgIpc) is 3.04. The van der Waals surface area contributed by atoms with Crippen molar-refractivity contribution in [3.05, 3.63) is 101 Å². The molecule has 0 unspecified atom stereocenters. The van der Waals surface area contributed by atoms with Gasteiger partial charge in [0.1, 0.15) is 37.1 Å². The Morgan fingerprint density at radius 2 is 1.09 bits per heavy atom. The Morgan fingerprint density at radius 1 is 0.532 bits per heavy atom. The maximum atomic E-state index is 6.56. The van der Waals surface area contributed by atoms with E-state index in [4.69, 9.17) is 18.9 Å². The zero-order chi connectivity index (χ0) is 33.2. The normalized spacial score (nSPS) is 13.0. The highest BCUT2D eigenvalue weighted by atomic mass is 16.5. The molecule has 0 aliphatic carbocycles. The van der Waals surface area contributed by atoms with Crippen LogP contribution in [0.15, 0.2) is 78.9 Å². The van der Waals surface area contributed by atoms with E-state index in [0.29, 0.717) is 19.8 Å². The van der Waals surface area contributed by atoms with Crippen LogP contribution in [0.25, 0.3) is 11.1 Å². The Morgan fingerprint density at radius 3 is 1.74 bits per heavy atom. The lowest BCUT2D eigenvalue weighted by Crippen LogP contribution is -2.20. The molecule has 47 heavy (non-hydrogen) atoms. The van der Waals surface area contributed by atoms with Crippen LogP contribution in [0.1, 0.15) is 22.3 Å². The topological polar surface area (TPSA) is 46.6 Å². The summed E-state index contributed by atoms with van der Waals surface area (Å²) in [5, 5.41) is 0. The fourth-order valence-electron chi connectivity index (χ4n) is 5.60. The van der Waals surface area contributed by atoms with Gasteiger partial charge in [0.2, 0.25) is 0 Å². The van der Waals surface area contributed by atoms with Gasteiger partial charge in [-0.2, -0.15) is 0 Å². The van der Waals surface area contributed by atoms with E-state index < -0.39 is 0 Å². The molecule has 4 aliphatic heterocycles. The van der Waals surface area contributed by atoms with Gasteiger partial charge < -0.3 is 33.6 Å². The van der Waals surface area contributed by atoms with Crippen molar-refractivity contribution in [3.63, 3.8) is 0 Å². The zero-order valence-electron chi connectivity index (χ0n) is 29.1. The first-order chi connectivity index (χ1) is 22.7. The van der Waals surface area contributed by atoms with Gasteiger partial charge in [-0.25, -0.2) is 0 Å². The molecule has 0 amide bonds. The van der Waals surface area contributed by atoms with Crippen molar-refractivity contribution in [2.24, 2.45) is 0 Å². The van der Waals surface area contributed by atoms with E-state index >= 15 is 0 Å². The van der Waals surface area contributed by atoms with Crippen molar-refractivity contribution in [3.8, 4) is 39.9 Å². The van der Waals surface area contributed by atoms with E-state index in [0.717, 1.165) is 85.2 Å². The molecule has 0 saturated heterocycles. The molecule has 0 fully saturated rings. The van der Waals surface area contributed by atoms with Crippen molar-refractivity contribution in [1.29, 1.82) is 0 Å². The molecule has 0 atom stereocenters. The Hall–Kier alpha value is -4.04.